The van der Waals surface area contributed by atoms with E-state index in [1.165, 1.54) is 0 Å². The van der Waals surface area contributed by atoms with Crippen LogP contribution in [0.15, 0.2) is 0 Å². The highest BCUT2D eigenvalue weighted by Gasteiger charge is 2.04. The Morgan fingerprint density at radius 1 is 0.727 bits per heavy atom. The van der Waals surface area contributed by atoms with E-state index in [0.717, 1.165) is 38.5 Å². The lowest BCUT2D eigenvalue weighted by Crippen LogP contribution is -2.41. The summed E-state index contributed by atoms with van der Waals surface area (Å²) in [5.74, 6) is 0. The van der Waals surface area contributed by atoms with E-state index < -0.39 is 0 Å². The molecule has 6 heteroatoms. The predicted octanol–water partition coefficient (Wildman–Crippen LogP) is 2.74. The first kappa shape index (κ1) is 20.5. The van der Waals surface area contributed by atoms with Crippen LogP contribution in [0.25, 0.3) is 0 Å². The molecule has 0 aromatic heterocycles. The summed E-state index contributed by atoms with van der Waals surface area (Å²) in [5.41, 5.74) is 0. The van der Waals surface area contributed by atoms with Crippen LogP contribution in [0.4, 0.5) is 9.59 Å². The summed E-state index contributed by atoms with van der Waals surface area (Å²) in [6.45, 7) is 9.46. The summed E-state index contributed by atoms with van der Waals surface area (Å²) >= 11 is 0. The van der Waals surface area contributed by atoms with Gasteiger partial charge in [0.2, 0.25) is 0 Å². The van der Waals surface area contributed by atoms with Crippen molar-refractivity contribution < 1.29 is 9.59 Å². The number of carbonyl (C=O) groups excluding carboxylic acids is 2. The quantitative estimate of drug-likeness (QED) is 0.442. The molecule has 0 saturated carbocycles. The molecule has 0 aromatic carbocycles. The monoisotopic (exact) mass is 314 g/mol. The first-order valence-corrected chi connectivity index (χ1v) is 8.58. The SMILES string of the molecule is CCC(C)NC(=O)NCCCCCCNC(=O)NC(C)CC. The summed E-state index contributed by atoms with van der Waals surface area (Å²) in [6.07, 6.45) is 5.91. The lowest BCUT2D eigenvalue weighted by molar-refractivity contribution is 0.236. The molecule has 6 nitrogen and oxygen atoms in total. The molecule has 0 aliphatic heterocycles. The Kier molecular flexibility index (Phi) is 12.3. The van der Waals surface area contributed by atoms with Crippen LogP contribution >= 0.6 is 0 Å². The van der Waals surface area contributed by atoms with Crippen molar-refractivity contribution >= 4 is 12.1 Å². The molecule has 4 N–H and O–H groups in total. The lowest BCUT2D eigenvalue weighted by atomic mass is 10.2. The molecule has 2 unspecified atom stereocenters. The van der Waals surface area contributed by atoms with E-state index in [0.29, 0.717) is 13.1 Å². The van der Waals surface area contributed by atoms with Gasteiger partial charge < -0.3 is 21.3 Å². The van der Waals surface area contributed by atoms with Crippen molar-refractivity contribution in [3.8, 4) is 0 Å². The van der Waals surface area contributed by atoms with E-state index in [-0.39, 0.29) is 24.1 Å². The van der Waals surface area contributed by atoms with Crippen LogP contribution in [-0.2, 0) is 0 Å². The Hall–Kier alpha value is -1.46. The minimum Gasteiger partial charge on any atom is -0.338 e. The van der Waals surface area contributed by atoms with E-state index in [9.17, 15) is 9.59 Å². The van der Waals surface area contributed by atoms with Crippen molar-refractivity contribution in [2.45, 2.75) is 78.3 Å². The largest absolute Gasteiger partial charge is 0.338 e. The fourth-order valence-electron chi connectivity index (χ4n) is 1.76. The summed E-state index contributed by atoms with van der Waals surface area (Å²) in [5, 5.41) is 11.4. The highest BCUT2D eigenvalue weighted by molar-refractivity contribution is 5.74. The molecule has 0 rings (SSSR count). The average Bonchev–Trinajstić information content (AvgIpc) is 2.49. The summed E-state index contributed by atoms with van der Waals surface area (Å²) in [4.78, 5) is 22.9. The number of nitrogens with one attached hydrogen (secondary N) is 4. The number of unbranched alkanes of at least 4 members (excludes halogenated alkanes) is 3. The maximum Gasteiger partial charge on any atom is 0.314 e. The predicted molar refractivity (Wildman–Crippen MR) is 91.0 cm³/mol. The highest BCUT2D eigenvalue weighted by atomic mass is 16.2. The van der Waals surface area contributed by atoms with Gasteiger partial charge in [0.25, 0.3) is 0 Å². The van der Waals surface area contributed by atoms with Crippen molar-refractivity contribution in [2.24, 2.45) is 0 Å². The Morgan fingerprint density at radius 3 is 1.41 bits per heavy atom. The van der Waals surface area contributed by atoms with E-state index in [4.69, 9.17) is 0 Å². The molecule has 0 saturated heterocycles. The summed E-state index contributed by atoms with van der Waals surface area (Å²) < 4.78 is 0. The van der Waals surface area contributed by atoms with Crippen LogP contribution in [-0.4, -0.2) is 37.2 Å². The maximum absolute atomic E-state index is 11.5. The third-order valence-corrected chi connectivity index (χ3v) is 3.65. The second kappa shape index (κ2) is 13.2. The normalized spacial score (nSPS) is 13.1. The molecule has 130 valence electrons. The Labute approximate surface area is 135 Å². The van der Waals surface area contributed by atoms with Gasteiger partial charge in [-0.1, -0.05) is 26.7 Å². The van der Waals surface area contributed by atoms with Gasteiger partial charge in [-0.3, -0.25) is 0 Å². The van der Waals surface area contributed by atoms with Gasteiger partial charge in [-0.2, -0.15) is 0 Å². The number of carbonyl (C=O) groups is 2. The smallest absolute Gasteiger partial charge is 0.314 e. The molecule has 0 heterocycles. The van der Waals surface area contributed by atoms with Gasteiger partial charge in [0.05, 0.1) is 0 Å². The highest BCUT2D eigenvalue weighted by Crippen LogP contribution is 1.98. The van der Waals surface area contributed by atoms with Crippen molar-refractivity contribution in [1.29, 1.82) is 0 Å². The van der Waals surface area contributed by atoms with Crippen LogP contribution < -0.4 is 21.3 Å². The number of hydrogen-bond donors (Lipinski definition) is 4. The Bertz CT molecular complexity index is 281. The molecule has 0 aliphatic rings. The first-order chi connectivity index (χ1) is 10.5. The Balaban J connectivity index is 3.37. The summed E-state index contributed by atoms with van der Waals surface area (Å²) in [7, 11) is 0. The van der Waals surface area contributed by atoms with E-state index in [1.807, 2.05) is 27.7 Å². The van der Waals surface area contributed by atoms with Gasteiger partial charge in [-0.25, -0.2) is 9.59 Å². The zero-order chi connectivity index (χ0) is 16.8. The van der Waals surface area contributed by atoms with Crippen molar-refractivity contribution in [3.05, 3.63) is 0 Å². The van der Waals surface area contributed by atoms with Crippen LogP contribution in [0.1, 0.15) is 66.2 Å². The van der Waals surface area contributed by atoms with Crippen molar-refractivity contribution in [3.63, 3.8) is 0 Å². The van der Waals surface area contributed by atoms with Crippen LogP contribution in [0.5, 0.6) is 0 Å². The molecule has 0 radical (unpaired) electrons. The molecular weight excluding hydrogens is 280 g/mol. The fraction of sp³-hybridized carbons (Fsp3) is 0.875. The third kappa shape index (κ3) is 12.3. The average molecular weight is 314 g/mol. The van der Waals surface area contributed by atoms with E-state index in [1.54, 1.807) is 0 Å². The standard InChI is InChI=1S/C16H34N4O2/c1-5-13(3)19-15(21)17-11-9-7-8-10-12-18-16(22)20-14(4)6-2/h13-14H,5-12H2,1-4H3,(H2,17,19,21)(H2,18,20,22). The van der Waals surface area contributed by atoms with Gasteiger partial charge in [-0.15, -0.1) is 0 Å². The minimum atomic E-state index is -0.0854. The van der Waals surface area contributed by atoms with E-state index in [2.05, 4.69) is 21.3 Å². The molecule has 0 spiro atoms. The number of hydrogen-bond acceptors (Lipinski definition) is 2. The van der Waals surface area contributed by atoms with Gasteiger partial charge in [-0.05, 0) is 39.5 Å². The van der Waals surface area contributed by atoms with Crippen molar-refractivity contribution in [2.75, 3.05) is 13.1 Å². The first-order valence-electron chi connectivity index (χ1n) is 8.58. The van der Waals surface area contributed by atoms with Crippen LogP contribution in [0.3, 0.4) is 0 Å². The van der Waals surface area contributed by atoms with Gasteiger partial charge >= 0.3 is 12.1 Å². The van der Waals surface area contributed by atoms with Crippen LogP contribution in [0, 0.1) is 0 Å². The zero-order valence-electron chi connectivity index (χ0n) is 14.6. The molecule has 2 atom stereocenters. The number of urea groups is 2. The van der Waals surface area contributed by atoms with Gasteiger partial charge in [0.1, 0.15) is 0 Å². The summed E-state index contributed by atoms with van der Waals surface area (Å²) in [6, 6.07) is 0.260. The zero-order valence-corrected chi connectivity index (χ0v) is 14.6. The van der Waals surface area contributed by atoms with Crippen LogP contribution in [0.2, 0.25) is 0 Å². The Morgan fingerprint density at radius 2 is 1.09 bits per heavy atom. The van der Waals surface area contributed by atoms with Gasteiger partial charge in [0.15, 0.2) is 0 Å². The maximum atomic E-state index is 11.5. The number of amides is 4. The molecule has 0 bridgehead atoms. The lowest BCUT2D eigenvalue weighted by Gasteiger charge is -2.13. The molecular formula is C16H34N4O2. The molecule has 4 amide bonds. The second-order valence-corrected chi connectivity index (χ2v) is 5.83. The second-order valence-electron chi connectivity index (χ2n) is 5.83. The van der Waals surface area contributed by atoms with Gasteiger partial charge in [0, 0.05) is 25.2 Å². The minimum absolute atomic E-state index is 0.0854. The molecule has 22 heavy (non-hydrogen) atoms. The fourth-order valence-corrected chi connectivity index (χ4v) is 1.76. The van der Waals surface area contributed by atoms with E-state index >= 15 is 0 Å². The molecule has 0 aliphatic carbocycles. The van der Waals surface area contributed by atoms with Crippen molar-refractivity contribution in [1.82, 2.24) is 21.3 Å². The topological polar surface area (TPSA) is 82.3 Å². The molecule has 0 fully saturated rings. The number of rotatable bonds is 11. The third-order valence-electron chi connectivity index (χ3n) is 3.65. The molecule has 0 aromatic rings.